The largest absolute Gasteiger partial charge is 0.488 e. The van der Waals surface area contributed by atoms with Gasteiger partial charge < -0.3 is 10.1 Å². The van der Waals surface area contributed by atoms with Gasteiger partial charge in [0.05, 0.1) is 0 Å². The average Bonchev–Trinajstić information content (AvgIpc) is 2.83. The maximum absolute atomic E-state index is 6.03. The first-order chi connectivity index (χ1) is 9.12. The van der Waals surface area contributed by atoms with E-state index in [0.717, 1.165) is 25.1 Å². The number of alkyl halides is 2. The number of halogens is 2. The summed E-state index contributed by atoms with van der Waals surface area (Å²) in [5, 5.41) is 3.48. The molecule has 0 aliphatic carbocycles. The monoisotopic (exact) mass is 301 g/mol. The van der Waals surface area contributed by atoms with Crippen LogP contribution in [0.5, 0.6) is 5.75 Å². The molecule has 2 nitrogen and oxygen atoms in total. The van der Waals surface area contributed by atoms with E-state index in [-0.39, 0.29) is 11.6 Å². The second-order valence-electron chi connectivity index (χ2n) is 5.34. The highest BCUT2D eigenvalue weighted by atomic mass is 35.5. The van der Waals surface area contributed by atoms with E-state index in [2.05, 4.69) is 37.4 Å². The molecule has 1 atom stereocenters. The molecule has 106 valence electrons. The number of aryl methyl sites for hydroxylation is 1. The van der Waals surface area contributed by atoms with E-state index < -0.39 is 0 Å². The van der Waals surface area contributed by atoms with Crippen molar-refractivity contribution in [2.24, 2.45) is 0 Å². The molecule has 1 aromatic rings. The predicted octanol–water partition coefficient (Wildman–Crippen LogP) is 3.51. The third kappa shape index (κ3) is 3.36. The Bertz CT molecular complexity index is 424. The van der Waals surface area contributed by atoms with Crippen molar-refractivity contribution in [3.63, 3.8) is 0 Å². The number of ether oxygens (including phenoxy) is 1. The highest BCUT2D eigenvalue weighted by molar-refractivity contribution is 6.22. The number of hydrogen-bond acceptors (Lipinski definition) is 2. The Kier molecular flexibility index (Phi) is 4.99. The van der Waals surface area contributed by atoms with Gasteiger partial charge in [0, 0.05) is 30.3 Å². The van der Waals surface area contributed by atoms with Gasteiger partial charge in [0.1, 0.15) is 11.9 Å². The fraction of sp³-hybridized carbons (Fsp3) is 0.600. The number of fused-ring (bicyclic) bond motifs is 1. The van der Waals surface area contributed by atoms with Crippen molar-refractivity contribution < 1.29 is 4.74 Å². The molecular formula is C15H21Cl2NO. The van der Waals surface area contributed by atoms with Crippen LogP contribution in [0.1, 0.15) is 24.5 Å². The Morgan fingerprint density at radius 1 is 1.37 bits per heavy atom. The third-order valence-electron chi connectivity index (χ3n) is 3.85. The van der Waals surface area contributed by atoms with E-state index >= 15 is 0 Å². The lowest BCUT2D eigenvalue weighted by molar-refractivity contribution is 0.209. The number of rotatable bonds is 6. The fourth-order valence-corrected chi connectivity index (χ4v) is 3.19. The molecule has 0 bridgehead atoms. The molecule has 1 aliphatic rings. The van der Waals surface area contributed by atoms with Crippen LogP contribution < -0.4 is 10.1 Å². The molecule has 0 amide bonds. The molecule has 0 saturated heterocycles. The number of nitrogens with one attached hydrogen (secondary N) is 1. The van der Waals surface area contributed by atoms with Gasteiger partial charge in [-0.15, -0.1) is 23.2 Å². The van der Waals surface area contributed by atoms with Gasteiger partial charge in [-0.25, -0.2) is 0 Å². The molecule has 1 aliphatic heterocycles. The van der Waals surface area contributed by atoms with Crippen LogP contribution in [-0.2, 0) is 6.42 Å². The van der Waals surface area contributed by atoms with Crippen molar-refractivity contribution in [3.05, 3.63) is 29.3 Å². The Hall–Kier alpha value is -0.440. The summed E-state index contributed by atoms with van der Waals surface area (Å²) in [5.41, 5.74) is 2.39. The van der Waals surface area contributed by atoms with Gasteiger partial charge in [-0.3, -0.25) is 0 Å². The Balaban J connectivity index is 1.93. The molecule has 0 aromatic heterocycles. The van der Waals surface area contributed by atoms with Crippen molar-refractivity contribution in [1.29, 1.82) is 0 Å². The van der Waals surface area contributed by atoms with E-state index in [9.17, 15) is 0 Å². The molecule has 1 aromatic carbocycles. The van der Waals surface area contributed by atoms with Gasteiger partial charge >= 0.3 is 0 Å². The predicted molar refractivity (Wildman–Crippen MR) is 81.8 cm³/mol. The van der Waals surface area contributed by atoms with Gasteiger partial charge in [-0.1, -0.05) is 24.6 Å². The zero-order valence-corrected chi connectivity index (χ0v) is 13.0. The Labute approximate surface area is 125 Å². The zero-order valence-electron chi connectivity index (χ0n) is 11.5. The molecule has 2 rings (SSSR count). The second kappa shape index (κ2) is 6.34. The van der Waals surface area contributed by atoms with Crippen molar-refractivity contribution >= 4 is 23.2 Å². The lowest BCUT2D eigenvalue weighted by Crippen LogP contribution is -2.51. The minimum absolute atomic E-state index is 0.175. The lowest BCUT2D eigenvalue weighted by atomic mass is 10.0. The molecule has 1 heterocycles. The summed E-state index contributed by atoms with van der Waals surface area (Å²) in [6.45, 7) is 4.99. The van der Waals surface area contributed by atoms with Crippen molar-refractivity contribution in [1.82, 2.24) is 5.32 Å². The topological polar surface area (TPSA) is 21.3 Å². The normalized spacial score (nSPS) is 18.2. The molecular weight excluding hydrogens is 281 g/mol. The van der Waals surface area contributed by atoms with Gasteiger partial charge in [0.15, 0.2) is 0 Å². The molecule has 19 heavy (non-hydrogen) atoms. The van der Waals surface area contributed by atoms with Gasteiger partial charge in [0.2, 0.25) is 0 Å². The highest BCUT2D eigenvalue weighted by Gasteiger charge is 2.29. The van der Waals surface area contributed by atoms with E-state index in [1.54, 1.807) is 0 Å². The van der Waals surface area contributed by atoms with Crippen LogP contribution in [0, 0.1) is 6.92 Å². The zero-order chi connectivity index (χ0) is 13.9. The van der Waals surface area contributed by atoms with Crippen molar-refractivity contribution in [2.75, 3.05) is 18.3 Å². The first kappa shape index (κ1) is 15.0. The summed E-state index contributed by atoms with van der Waals surface area (Å²) in [5.74, 6) is 2.05. The first-order valence-corrected chi connectivity index (χ1v) is 7.82. The van der Waals surface area contributed by atoms with Crippen LogP contribution >= 0.6 is 23.2 Å². The minimum Gasteiger partial charge on any atom is -0.488 e. The Morgan fingerprint density at radius 3 is 2.74 bits per heavy atom. The summed E-state index contributed by atoms with van der Waals surface area (Å²) in [4.78, 5) is 0. The van der Waals surface area contributed by atoms with Crippen LogP contribution in [0.2, 0.25) is 0 Å². The van der Waals surface area contributed by atoms with E-state index in [1.165, 1.54) is 11.1 Å². The lowest BCUT2D eigenvalue weighted by Gasteiger charge is -2.30. The molecule has 1 N–H and O–H groups in total. The second-order valence-corrected chi connectivity index (χ2v) is 5.87. The highest BCUT2D eigenvalue weighted by Crippen LogP contribution is 2.29. The molecule has 0 fully saturated rings. The first-order valence-electron chi connectivity index (χ1n) is 6.75. The summed E-state index contributed by atoms with van der Waals surface area (Å²) in [7, 11) is 0. The van der Waals surface area contributed by atoms with Crippen LogP contribution in [0.15, 0.2) is 18.2 Å². The smallest absolute Gasteiger partial charge is 0.123 e. The number of benzene rings is 1. The third-order valence-corrected chi connectivity index (χ3v) is 4.87. The van der Waals surface area contributed by atoms with Crippen LogP contribution in [-0.4, -0.2) is 29.9 Å². The van der Waals surface area contributed by atoms with Gasteiger partial charge in [-0.05, 0) is 25.0 Å². The summed E-state index contributed by atoms with van der Waals surface area (Å²) < 4.78 is 5.94. The van der Waals surface area contributed by atoms with E-state index in [0.29, 0.717) is 11.8 Å². The maximum atomic E-state index is 6.03. The van der Waals surface area contributed by atoms with Crippen LogP contribution in [0.4, 0.5) is 0 Å². The van der Waals surface area contributed by atoms with Crippen LogP contribution in [0.3, 0.4) is 0 Å². The molecule has 4 heteroatoms. The maximum Gasteiger partial charge on any atom is 0.123 e. The quantitative estimate of drug-likeness (QED) is 0.812. The fourth-order valence-electron chi connectivity index (χ4n) is 2.34. The van der Waals surface area contributed by atoms with E-state index in [1.807, 2.05) is 0 Å². The summed E-state index contributed by atoms with van der Waals surface area (Å²) in [6.07, 6.45) is 2.04. The standard InChI is InChI=1S/C15H21Cl2NO/c1-3-15(9-16,10-17)18-8-13-7-12-6-11(2)4-5-14(12)19-13/h4-6,13,18H,3,7-10H2,1-2H3. The Morgan fingerprint density at radius 2 is 2.11 bits per heavy atom. The molecule has 0 spiro atoms. The van der Waals surface area contributed by atoms with Crippen LogP contribution in [0.25, 0.3) is 0 Å². The minimum atomic E-state index is -0.183. The number of hydrogen-bond donors (Lipinski definition) is 1. The van der Waals surface area contributed by atoms with Crippen molar-refractivity contribution in [2.45, 2.75) is 38.3 Å². The SMILES string of the molecule is CCC(CCl)(CCl)NCC1Cc2cc(C)ccc2O1. The van der Waals surface area contributed by atoms with Gasteiger partial charge in [0.25, 0.3) is 0 Å². The van der Waals surface area contributed by atoms with Gasteiger partial charge in [-0.2, -0.15) is 0 Å². The van der Waals surface area contributed by atoms with Crippen molar-refractivity contribution in [3.8, 4) is 5.75 Å². The van der Waals surface area contributed by atoms with E-state index in [4.69, 9.17) is 27.9 Å². The molecule has 1 unspecified atom stereocenters. The molecule has 0 saturated carbocycles. The summed E-state index contributed by atoms with van der Waals surface area (Å²) in [6, 6.07) is 6.34. The average molecular weight is 302 g/mol. The summed E-state index contributed by atoms with van der Waals surface area (Å²) >= 11 is 12.1. The molecule has 0 radical (unpaired) electrons.